The lowest BCUT2D eigenvalue weighted by atomic mass is 9.87. The van der Waals surface area contributed by atoms with Gasteiger partial charge in [-0.1, -0.05) is 93.6 Å². The number of pyridine rings is 1. The molecular formula is C36H29NO. The molecule has 38 heavy (non-hydrogen) atoms. The molecule has 0 saturated heterocycles. The number of rotatable bonds is 3. The molecule has 2 nitrogen and oxygen atoms in total. The van der Waals surface area contributed by atoms with Gasteiger partial charge >= 0.3 is 0 Å². The van der Waals surface area contributed by atoms with E-state index in [1.54, 1.807) is 0 Å². The molecule has 0 amide bonds. The first-order valence-electron chi connectivity index (χ1n) is 14.0. The number of para-hydroxylation sites is 1. The van der Waals surface area contributed by atoms with Gasteiger partial charge in [-0.15, -0.1) is 0 Å². The summed E-state index contributed by atoms with van der Waals surface area (Å²) in [6.07, 6.45) is 0.401. The molecule has 0 N–H and O–H groups in total. The van der Waals surface area contributed by atoms with E-state index in [2.05, 4.69) is 72.8 Å². The monoisotopic (exact) mass is 493 g/mol. The minimum absolute atomic E-state index is 0.497. The van der Waals surface area contributed by atoms with Crippen molar-refractivity contribution in [2.75, 3.05) is 0 Å². The van der Waals surface area contributed by atoms with E-state index >= 15 is 0 Å². The van der Waals surface area contributed by atoms with Gasteiger partial charge < -0.3 is 4.42 Å². The van der Waals surface area contributed by atoms with E-state index in [4.69, 9.17) is 12.1 Å². The summed E-state index contributed by atoms with van der Waals surface area (Å²) in [4.78, 5) is 4.72. The molecule has 0 radical (unpaired) electrons. The van der Waals surface area contributed by atoms with Crippen LogP contribution in [0.5, 0.6) is 0 Å². The summed E-state index contributed by atoms with van der Waals surface area (Å²) in [5.74, 6) is 0. The Morgan fingerprint density at radius 3 is 2.32 bits per heavy atom. The Morgan fingerprint density at radius 2 is 1.47 bits per heavy atom. The molecular weight excluding hydrogens is 462 g/mol. The second-order valence-corrected chi connectivity index (χ2v) is 11.0. The third kappa shape index (κ3) is 3.94. The second kappa shape index (κ2) is 8.56. The topological polar surface area (TPSA) is 26.0 Å². The average Bonchev–Trinajstić information content (AvgIpc) is 3.33. The predicted octanol–water partition coefficient (Wildman–Crippen LogP) is 10.2. The Hall–Kier alpha value is -4.43. The molecule has 0 bridgehead atoms. The van der Waals surface area contributed by atoms with E-state index in [9.17, 15) is 0 Å². The maximum absolute atomic E-state index is 8.60. The summed E-state index contributed by atoms with van der Waals surface area (Å²) in [6.45, 7) is 5.79. The Balaban J connectivity index is 1.33. The minimum Gasteiger partial charge on any atom is -0.455 e. The lowest BCUT2D eigenvalue weighted by molar-refractivity contribution is 0.411. The van der Waals surface area contributed by atoms with Crippen LogP contribution < -0.4 is 0 Å². The Kier molecular flexibility index (Phi) is 4.64. The molecule has 0 atom stereocenters. The van der Waals surface area contributed by atoms with Gasteiger partial charge in [-0.25, -0.2) is 0 Å². The van der Waals surface area contributed by atoms with Crippen LogP contribution in [0.25, 0.3) is 65.9 Å². The number of fused-ring (bicyclic) bond motifs is 6. The van der Waals surface area contributed by atoms with E-state index < -0.39 is 11.8 Å². The van der Waals surface area contributed by atoms with Gasteiger partial charge in [-0.3, -0.25) is 4.98 Å². The van der Waals surface area contributed by atoms with Crippen molar-refractivity contribution in [2.45, 2.75) is 27.1 Å². The van der Waals surface area contributed by atoms with Gasteiger partial charge in [-0.05, 0) is 80.4 Å². The molecule has 2 heteroatoms. The van der Waals surface area contributed by atoms with Crippen LogP contribution >= 0.6 is 0 Å². The zero-order valence-electron chi connectivity index (χ0n) is 23.7. The molecule has 0 aliphatic heterocycles. The highest BCUT2D eigenvalue weighted by Crippen LogP contribution is 2.39. The van der Waals surface area contributed by atoms with Gasteiger partial charge in [-0.2, -0.15) is 0 Å². The molecule has 0 saturated carbocycles. The molecule has 5 aromatic carbocycles. The maximum atomic E-state index is 8.60. The van der Waals surface area contributed by atoms with Crippen LogP contribution in [0.3, 0.4) is 0 Å². The molecule has 7 rings (SSSR count). The van der Waals surface area contributed by atoms with Gasteiger partial charge in [0, 0.05) is 25.3 Å². The van der Waals surface area contributed by atoms with Gasteiger partial charge in [0.1, 0.15) is 11.2 Å². The van der Waals surface area contributed by atoms with Crippen molar-refractivity contribution in [3.05, 3.63) is 115 Å². The fraction of sp³-hybridized carbons (Fsp3) is 0.139. The van der Waals surface area contributed by atoms with E-state index in [-0.39, 0.29) is 0 Å². The molecule has 0 aliphatic carbocycles. The second-order valence-electron chi connectivity index (χ2n) is 11.0. The zero-order chi connectivity index (χ0) is 27.6. The first kappa shape index (κ1) is 20.6. The summed E-state index contributed by atoms with van der Waals surface area (Å²) >= 11 is 0. The number of hydrogen-bond acceptors (Lipinski definition) is 2. The average molecular weight is 494 g/mol. The van der Waals surface area contributed by atoms with Gasteiger partial charge in [0.25, 0.3) is 0 Å². The van der Waals surface area contributed by atoms with Crippen LogP contribution in [0.15, 0.2) is 114 Å². The third-order valence-electron chi connectivity index (χ3n) is 7.14. The highest BCUT2D eigenvalue weighted by molar-refractivity contribution is 6.17. The van der Waals surface area contributed by atoms with Crippen LogP contribution in [0.2, 0.25) is 0 Å². The molecule has 0 aliphatic rings. The Morgan fingerprint density at radius 1 is 0.684 bits per heavy atom. The normalized spacial score (nSPS) is 13.3. The number of benzene rings is 5. The van der Waals surface area contributed by atoms with Crippen molar-refractivity contribution < 1.29 is 7.16 Å². The number of aromatic nitrogens is 1. The Labute approximate surface area is 225 Å². The third-order valence-corrected chi connectivity index (χ3v) is 7.14. The van der Waals surface area contributed by atoms with Crippen molar-refractivity contribution in [1.29, 1.82) is 0 Å². The van der Waals surface area contributed by atoms with Crippen LogP contribution in [0, 0.1) is 5.41 Å². The van der Waals surface area contributed by atoms with E-state index in [0.717, 1.165) is 44.3 Å². The number of nitrogens with zero attached hydrogens (tertiary/aromatic N) is 1. The molecule has 0 spiro atoms. The highest BCUT2D eigenvalue weighted by atomic mass is 16.3. The predicted molar refractivity (Wildman–Crippen MR) is 161 cm³/mol. The smallest absolute Gasteiger partial charge is 0.144 e. The molecule has 0 unspecified atom stereocenters. The van der Waals surface area contributed by atoms with Crippen molar-refractivity contribution in [3.63, 3.8) is 0 Å². The van der Waals surface area contributed by atoms with Crippen molar-refractivity contribution in [3.8, 4) is 22.4 Å². The first-order valence-corrected chi connectivity index (χ1v) is 13.0. The standard InChI is InChI=1S/C36H29NO/c1-36(2,3)22-23-11-13-24(14-12-23)26-17-18-37-33(20-26)30-10-6-9-29-32-19-27-16-15-25-7-4-5-8-28(25)31(27)21-34(32)38-35(29)30/h4-21H,22H2,1-3H3/i22D2. The van der Waals surface area contributed by atoms with E-state index in [1.807, 2.05) is 57.3 Å². The SMILES string of the molecule is [2H]C([2H])(c1ccc(-c2ccnc(-c3cccc4c3oc3cc5c(ccc6ccccc65)cc34)c2)cc1)C(C)(C)C. The first-order chi connectivity index (χ1) is 19.2. The summed E-state index contributed by atoms with van der Waals surface area (Å²) in [7, 11) is 0. The number of furan rings is 1. The van der Waals surface area contributed by atoms with Crippen LogP contribution in [0.4, 0.5) is 0 Å². The molecule has 184 valence electrons. The zero-order valence-corrected chi connectivity index (χ0v) is 21.7. The lowest BCUT2D eigenvalue weighted by Gasteiger charge is -2.18. The summed E-state index contributed by atoms with van der Waals surface area (Å²) in [5.41, 5.74) is 5.72. The molecule has 0 fully saturated rings. The summed E-state index contributed by atoms with van der Waals surface area (Å²) in [6, 6.07) is 35.3. The van der Waals surface area contributed by atoms with Crippen molar-refractivity contribution in [2.24, 2.45) is 5.41 Å². The van der Waals surface area contributed by atoms with Gasteiger partial charge in [0.15, 0.2) is 0 Å². The fourth-order valence-corrected chi connectivity index (χ4v) is 5.44. The number of hydrogen-bond donors (Lipinski definition) is 0. The van der Waals surface area contributed by atoms with E-state index in [0.29, 0.717) is 5.56 Å². The maximum Gasteiger partial charge on any atom is 0.144 e. The summed E-state index contributed by atoms with van der Waals surface area (Å²) < 4.78 is 23.7. The van der Waals surface area contributed by atoms with Gasteiger partial charge in [0.2, 0.25) is 0 Å². The quantitative estimate of drug-likeness (QED) is 0.229. The van der Waals surface area contributed by atoms with E-state index in [1.165, 1.54) is 21.5 Å². The molecule has 7 aromatic rings. The highest BCUT2D eigenvalue weighted by Gasteiger charge is 2.15. The summed E-state index contributed by atoms with van der Waals surface area (Å²) in [5, 5.41) is 6.99. The van der Waals surface area contributed by atoms with Gasteiger partial charge in [0.05, 0.1) is 5.69 Å². The van der Waals surface area contributed by atoms with Crippen LogP contribution in [-0.4, -0.2) is 4.98 Å². The lowest BCUT2D eigenvalue weighted by Crippen LogP contribution is -2.08. The fourth-order valence-electron chi connectivity index (χ4n) is 5.44. The molecule has 2 heterocycles. The van der Waals surface area contributed by atoms with Crippen LogP contribution in [0.1, 0.15) is 29.1 Å². The Bertz CT molecular complexity index is 2060. The minimum atomic E-state index is -1.43. The molecule has 2 aromatic heterocycles. The van der Waals surface area contributed by atoms with Crippen molar-refractivity contribution >= 4 is 43.5 Å². The van der Waals surface area contributed by atoms with Crippen LogP contribution in [-0.2, 0) is 6.37 Å². The van der Waals surface area contributed by atoms with Crippen molar-refractivity contribution in [1.82, 2.24) is 4.98 Å². The largest absolute Gasteiger partial charge is 0.455 e.